The summed E-state index contributed by atoms with van der Waals surface area (Å²) in [6.45, 7) is 4.37. The van der Waals surface area contributed by atoms with Crippen molar-refractivity contribution in [1.29, 1.82) is 0 Å². The number of ether oxygens (including phenoxy) is 3. The van der Waals surface area contributed by atoms with E-state index in [0.717, 1.165) is 32.4 Å². The van der Waals surface area contributed by atoms with E-state index >= 15 is 0 Å². The lowest BCUT2D eigenvalue weighted by Crippen LogP contribution is -2.57. The highest BCUT2D eigenvalue weighted by atomic mass is 16.6. The number of carbonyl (C=O) groups is 3. The molecule has 1 unspecified atom stereocenters. The number of nitrogens with zero attached hydrogens (tertiary/aromatic N) is 3. The standard InChI is InChI=1S/C31H39N3O7/c35-21-23(22-9-4-3-5-10-22)34-27-29(37)33(15-14-32-16-19-39-20-17-32)13-8-12-31(27)26(28(34)36)25-24(41-31)11-6-1-2-7-18-40-30(25)38/h3-6,8-12,23-27,35H,1-2,7,13-21H2/b11-6-/t23-,24-,25+,26+,27?,31+/m1/s1. The summed E-state index contributed by atoms with van der Waals surface area (Å²) in [5.41, 5.74) is -0.652. The molecule has 41 heavy (non-hydrogen) atoms. The van der Waals surface area contributed by atoms with Crippen LogP contribution in [0.5, 0.6) is 0 Å². The Balaban J connectivity index is 1.40. The number of allylic oxidation sites excluding steroid dienone is 1. The van der Waals surface area contributed by atoms with Gasteiger partial charge in [-0.25, -0.2) is 0 Å². The third-order valence-corrected chi connectivity index (χ3v) is 9.11. The lowest BCUT2D eigenvalue weighted by Gasteiger charge is -2.39. The van der Waals surface area contributed by atoms with Gasteiger partial charge in [-0.05, 0) is 24.8 Å². The number of benzene rings is 1. The fourth-order valence-electron chi connectivity index (χ4n) is 7.06. The second-order valence-corrected chi connectivity index (χ2v) is 11.4. The molecular weight excluding hydrogens is 526 g/mol. The summed E-state index contributed by atoms with van der Waals surface area (Å²) in [6, 6.07) is 7.41. The number of rotatable bonds is 6. The predicted octanol–water partition coefficient (Wildman–Crippen LogP) is 1.31. The second-order valence-electron chi connectivity index (χ2n) is 11.4. The monoisotopic (exact) mass is 565 g/mol. The van der Waals surface area contributed by atoms with Gasteiger partial charge in [-0.3, -0.25) is 19.3 Å². The number of hydrogen-bond donors (Lipinski definition) is 1. The number of likely N-dealkylation sites (tertiary alicyclic amines) is 1. The van der Waals surface area contributed by atoms with Crippen LogP contribution in [-0.2, 0) is 28.6 Å². The van der Waals surface area contributed by atoms with E-state index in [0.29, 0.717) is 38.4 Å². The molecule has 10 heteroatoms. The summed E-state index contributed by atoms with van der Waals surface area (Å²) in [4.78, 5) is 48.1. The number of carbonyl (C=O) groups excluding carboxylic acids is 3. The van der Waals surface area contributed by atoms with Gasteiger partial charge in [0.05, 0.1) is 44.5 Å². The van der Waals surface area contributed by atoms with Crippen LogP contribution in [0.1, 0.15) is 30.9 Å². The van der Waals surface area contributed by atoms with Crippen LogP contribution < -0.4 is 0 Å². The highest BCUT2D eigenvalue weighted by Crippen LogP contribution is 2.54. The maximum absolute atomic E-state index is 14.5. The highest BCUT2D eigenvalue weighted by Gasteiger charge is 2.72. The summed E-state index contributed by atoms with van der Waals surface area (Å²) in [5, 5.41) is 10.6. The summed E-state index contributed by atoms with van der Waals surface area (Å²) in [7, 11) is 0. The van der Waals surface area contributed by atoms with E-state index in [1.165, 1.54) is 4.90 Å². The van der Waals surface area contributed by atoms with Crippen LogP contribution in [0.2, 0.25) is 0 Å². The molecule has 0 aliphatic carbocycles. The number of hydrogen-bond acceptors (Lipinski definition) is 8. The number of amides is 2. The van der Waals surface area contributed by atoms with E-state index in [2.05, 4.69) is 4.90 Å². The number of fused-ring (bicyclic) bond motifs is 2. The molecule has 6 atom stereocenters. The molecule has 3 fully saturated rings. The van der Waals surface area contributed by atoms with E-state index in [1.807, 2.05) is 54.6 Å². The van der Waals surface area contributed by atoms with Gasteiger partial charge < -0.3 is 29.1 Å². The first kappa shape index (κ1) is 28.1. The summed E-state index contributed by atoms with van der Waals surface area (Å²) >= 11 is 0. The van der Waals surface area contributed by atoms with Crippen LogP contribution in [-0.4, -0.2) is 114 Å². The molecule has 1 spiro atoms. The summed E-state index contributed by atoms with van der Waals surface area (Å²) in [6.07, 6.45) is 9.34. The molecule has 3 saturated heterocycles. The summed E-state index contributed by atoms with van der Waals surface area (Å²) < 4.78 is 17.8. The topological polar surface area (TPSA) is 109 Å². The van der Waals surface area contributed by atoms with Crippen molar-refractivity contribution >= 4 is 17.8 Å². The molecule has 5 heterocycles. The van der Waals surface area contributed by atoms with Gasteiger partial charge in [0, 0.05) is 32.7 Å². The number of aliphatic hydroxyl groups excluding tert-OH is 1. The van der Waals surface area contributed by atoms with Crippen LogP contribution in [0.3, 0.4) is 0 Å². The van der Waals surface area contributed by atoms with Crippen molar-refractivity contribution < 1.29 is 33.7 Å². The number of esters is 1. The zero-order valence-corrected chi connectivity index (χ0v) is 23.3. The third-order valence-electron chi connectivity index (χ3n) is 9.11. The van der Waals surface area contributed by atoms with E-state index in [-0.39, 0.29) is 25.0 Å². The number of aliphatic hydroxyl groups is 1. The normalized spacial score (nSPS) is 33.9. The van der Waals surface area contributed by atoms with Gasteiger partial charge in [-0.15, -0.1) is 0 Å². The van der Waals surface area contributed by atoms with Crippen LogP contribution >= 0.6 is 0 Å². The molecule has 5 aliphatic rings. The Labute approximate surface area is 240 Å². The van der Waals surface area contributed by atoms with Gasteiger partial charge >= 0.3 is 5.97 Å². The molecule has 0 bridgehead atoms. The average molecular weight is 566 g/mol. The average Bonchev–Trinajstić information content (AvgIpc) is 3.39. The maximum Gasteiger partial charge on any atom is 0.312 e. The SMILES string of the molecule is O=C1OCCCC/C=C\[C@H]2O[C@]34C=CCN(CCN5CCOCC5)C(=O)C3N([C@H](CO)c3ccccc3)C(=O)[C@@H]4[C@@H]12. The smallest absolute Gasteiger partial charge is 0.312 e. The molecule has 0 radical (unpaired) electrons. The van der Waals surface area contributed by atoms with Crippen LogP contribution in [0.15, 0.2) is 54.6 Å². The minimum absolute atomic E-state index is 0.241. The molecule has 220 valence electrons. The zero-order valence-electron chi connectivity index (χ0n) is 23.3. The van der Waals surface area contributed by atoms with Gasteiger partial charge in [0.15, 0.2) is 0 Å². The maximum atomic E-state index is 14.5. The fourth-order valence-corrected chi connectivity index (χ4v) is 7.06. The Hall–Kier alpha value is -3.05. The second kappa shape index (κ2) is 12.1. The third kappa shape index (κ3) is 5.11. The first-order chi connectivity index (χ1) is 20.0. The van der Waals surface area contributed by atoms with Crippen molar-refractivity contribution in [2.24, 2.45) is 11.8 Å². The Bertz CT molecular complexity index is 1180. The molecular formula is C31H39N3O7. The van der Waals surface area contributed by atoms with E-state index in [4.69, 9.17) is 14.2 Å². The number of cyclic esters (lactones) is 1. The Kier molecular flexibility index (Phi) is 8.26. The molecule has 5 aliphatic heterocycles. The lowest BCUT2D eigenvalue weighted by atomic mass is 9.78. The largest absolute Gasteiger partial charge is 0.465 e. The minimum Gasteiger partial charge on any atom is -0.465 e. The Morgan fingerprint density at radius 1 is 0.976 bits per heavy atom. The Morgan fingerprint density at radius 3 is 2.56 bits per heavy atom. The van der Waals surface area contributed by atoms with E-state index in [9.17, 15) is 19.5 Å². The highest BCUT2D eigenvalue weighted by molar-refractivity contribution is 5.99. The molecule has 2 amide bonds. The van der Waals surface area contributed by atoms with Crippen molar-refractivity contribution in [3.05, 3.63) is 60.2 Å². The molecule has 10 nitrogen and oxygen atoms in total. The van der Waals surface area contributed by atoms with Crippen molar-refractivity contribution in [2.45, 2.75) is 43.1 Å². The molecule has 1 aromatic carbocycles. The van der Waals surface area contributed by atoms with Crippen LogP contribution in [0.25, 0.3) is 0 Å². The van der Waals surface area contributed by atoms with Gasteiger partial charge in [0.1, 0.15) is 17.6 Å². The molecule has 1 aromatic rings. The van der Waals surface area contributed by atoms with Gasteiger partial charge in [-0.1, -0.05) is 54.6 Å². The molecule has 0 saturated carbocycles. The van der Waals surface area contributed by atoms with Crippen LogP contribution in [0.4, 0.5) is 0 Å². The first-order valence-electron chi connectivity index (χ1n) is 14.8. The molecule has 0 aromatic heterocycles. The number of morpholine rings is 1. The molecule has 1 N–H and O–H groups in total. The summed E-state index contributed by atoms with van der Waals surface area (Å²) in [5.74, 6) is -2.94. The lowest BCUT2D eigenvalue weighted by molar-refractivity contribution is -0.156. The fraction of sp³-hybridized carbons (Fsp3) is 0.581. The van der Waals surface area contributed by atoms with Crippen molar-refractivity contribution in [3.8, 4) is 0 Å². The van der Waals surface area contributed by atoms with E-state index < -0.39 is 41.6 Å². The first-order valence-corrected chi connectivity index (χ1v) is 14.8. The van der Waals surface area contributed by atoms with Gasteiger partial charge in [-0.2, -0.15) is 0 Å². The van der Waals surface area contributed by atoms with Crippen molar-refractivity contribution in [2.75, 3.05) is 59.2 Å². The quantitative estimate of drug-likeness (QED) is 0.407. The predicted molar refractivity (Wildman–Crippen MR) is 148 cm³/mol. The van der Waals surface area contributed by atoms with Gasteiger partial charge in [0.25, 0.3) is 0 Å². The van der Waals surface area contributed by atoms with E-state index in [1.54, 1.807) is 4.90 Å². The molecule has 6 rings (SSSR count). The minimum atomic E-state index is -1.36. The zero-order chi connectivity index (χ0) is 28.4. The van der Waals surface area contributed by atoms with Crippen molar-refractivity contribution in [1.82, 2.24) is 14.7 Å². The Morgan fingerprint density at radius 2 is 1.78 bits per heavy atom. The van der Waals surface area contributed by atoms with Crippen molar-refractivity contribution in [3.63, 3.8) is 0 Å². The van der Waals surface area contributed by atoms with Gasteiger partial charge in [0.2, 0.25) is 11.8 Å². The van der Waals surface area contributed by atoms with Crippen LogP contribution in [0, 0.1) is 11.8 Å².